The zero-order valence-corrected chi connectivity index (χ0v) is 27.8. The fraction of sp³-hybridized carbons (Fsp3) is 0.697. The first-order chi connectivity index (χ1) is 20.3. The number of carbonyl (C=O) groups excluding carboxylic acids is 6. The summed E-state index contributed by atoms with van der Waals surface area (Å²) in [7, 11) is 0. The number of nitrogens with two attached hydrogens (primary N) is 1. The summed E-state index contributed by atoms with van der Waals surface area (Å²) < 4.78 is 4.74. The zero-order chi connectivity index (χ0) is 33.4. The number of hydrogen-bond donors (Lipinski definition) is 3. The molecule has 0 heterocycles. The van der Waals surface area contributed by atoms with Crippen LogP contribution in [0, 0.1) is 22.7 Å². The minimum Gasteiger partial charge on any atom is -0.440 e. The van der Waals surface area contributed by atoms with Gasteiger partial charge in [0.1, 0.15) is 0 Å². The number of ether oxygens (including phenoxy) is 1. The van der Waals surface area contributed by atoms with Crippen LogP contribution in [0.3, 0.4) is 0 Å². The summed E-state index contributed by atoms with van der Waals surface area (Å²) in [6, 6.07) is 0. The molecule has 2 saturated carbocycles. The summed E-state index contributed by atoms with van der Waals surface area (Å²) in [5, 5.41) is 6.50. The highest BCUT2D eigenvalue weighted by atomic mass is 16.5. The number of Topliss-reactive ketones (excluding diaryl/α,β-unsaturated/α-hetero) is 4. The summed E-state index contributed by atoms with van der Waals surface area (Å²) in [5.74, 6) is -0.847. The summed E-state index contributed by atoms with van der Waals surface area (Å²) in [6.45, 7) is 15.9. The number of primary amides is 1. The SMILES string of the molecule is CC(C)CC(NCCN(CCNC(CC(C)C)=C1C(=O)CC(C)(C)CC1=O)C(=O)COC(N)=O)=C1C(=O)CC(C)(C)CC1=O. The molecule has 0 radical (unpaired) electrons. The number of nitrogens with one attached hydrogen (secondary N) is 2. The van der Waals surface area contributed by atoms with Crippen LogP contribution in [0.2, 0.25) is 0 Å². The zero-order valence-electron chi connectivity index (χ0n) is 27.8. The van der Waals surface area contributed by atoms with Crippen molar-refractivity contribution >= 4 is 35.1 Å². The third-order valence-corrected chi connectivity index (χ3v) is 7.63. The molecule has 2 rings (SSSR count). The van der Waals surface area contributed by atoms with Crippen LogP contribution in [0.15, 0.2) is 22.5 Å². The van der Waals surface area contributed by atoms with Crippen LogP contribution in [-0.4, -0.2) is 72.8 Å². The Labute approximate surface area is 261 Å². The van der Waals surface area contributed by atoms with Crippen LogP contribution in [0.1, 0.15) is 93.9 Å². The quantitative estimate of drug-likeness (QED) is 0.195. The first-order valence-corrected chi connectivity index (χ1v) is 15.6. The molecule has 4 N–H and O–H groups in total. The van der Waals surface area contributed by atoms with Gasteiger partial charge in [0.25, 0.3) is 5.91 Å². The molecule has 11 nitrogen and oxygen atoms in total. The molecule has 0 aliphatic heterocycles. The van der Waals surface area contributed by atoms with E-state index in [-0.39, 0.29) is 109 Å². The standard InChI is InChI=1S/C33H52N4O7/c1-20(2)13-22(29-24(38)15-32(5,6)16-25(29)39)35-9-11-37(28(42)19-44-31(34)43)12-10-36-23(14-21(3)4)30-26(40)17-33(7,8)18-27(30)41/h20-21,35-36H,9-19H2,1-8H3,(H2,34,43). The lowest BCUT2D eigenvalue weighted by Crippen LogP contribution is -2.44. The van der Waals surface area contributed by atoms with Crippen LogP contribution in [0.4, 0.5) is 4.79 Å². The summed E-state index contributed by atoms with van der Waals surface area (Å²) in [6.07, 6.45) is 1.07. The van der Waals surface area contributed by atoms with Gasteiger partial charge in [-0.2, -0.15) is 0 Å². The Bertz CT molecular complexity index is 1090. The second-order valence-corrected chi connectivity index (χ2v) is 14.5. The maximum absolute atomic E-state index is 13.0. The van der Waals surface area contributed by atoms with E-state index in [0.29, 0.717) is 24.2 Å². The largest absolute Gasteiger partial charge is 0.440 e. The fourth-order valence-electron chi connectivity index (χ4n) is 5.81. The lowest BCUT2D eigenvalue weighted by molar-refractivity contribution is -0.134. The van der Waals surface area contributed by atoms with Crippen molar-refractivity contribution in [1.82, 2.24) is 15.5 Å². The molecule has 0 saturated heterocycles. The number of rotatable bonds is 14. The molecule has 0 aromatic heterocycles. The normalized spacial score (nSPS) is 18.0. The number of carbonyl (C=O) groups is 6. The van der Waals surface area contributed by atoms with Crippen molar-refractivity contribution in [2.45, 2.75) is 93.9 Å². The molecule has 0 aromatic rings. The Kier molecular flexibility index (Phi) is 12.9. The highest BCUT2D eigenvalue weighted by Gasteiger charge is 2.38. The highest BCUT2D eigenvalue weighted by Crippen LogP contribution is 2.36. The second kappa shape index (κ2) is 15.5. The van der Waals surface area contributed by atoms with E-state index in [0.717, 1.165) is 0 Å². The van der Waals surface area contributed by atoms with Gasteiger partial charge in [-0.25, -0.2) is 4.79 Å². The fourth-order valence-corrected chi connectivity index (χ4v) is 5.81. The van der Waals surface area contributed by atoms with Crippen LogP contribution in [0.25, 0.3) is 0 Å². The van der Waals surface area contributed by atoms with E-state index in [1.54, 1.807) is 0 Å². The first-order valence-electron chi connectivity index (χ1n) is 15.6. The smallest absolute Gasteiger partial charge is 0.405 e. The van der Waals surface area contributed by atoms with Crippen LogP contribution >= 0.6 is 0 Å². The summed E-state index contributed by atoms with van der Waals surface area (Å²) in [5.41, 5.74) is 5.88. The number of hydrogen-bond acceptors (Lipinski definition) is 9. The molecule has 0 spiro atoms. The van der Waals surface area contributed by atoms with E-state index in [2.05, 4.69) is 10.6 Å². The van der Waals surface area contributed by atoms with Gasteiger partial charge < -0.3 is 26.0 Å². The number of allylic oxidation sites excluding steroid dienone is 4. The van der Waals surface area contributed by atoms with Gasteiger partial charge in [-0.3, -0.25) is 24.0 Å². The first kappa shape index (κ1) is 36.7. The van der Waals surface area contributed by atoms with Crippen LogP contribution in [-0.2, 0) is 28.7 Å². The lowest BCUT2D eigenvalue weighted by atomic mass is 9.73. The molecule has 2 fully saturated rings. The average molecular weight is 617 g/mol. The Morgan fingerprint density at radius 2 is 1.07 bits per heavy atom. The topological polar surface area (TPSA) is 165 Å². The highest BCUT2D eigenvalue weighted by molar-refractivity contribution is 6.23. The van der Waals surface area contributed by atoms with Crippen molar-refractivity contribution in [3.05, 3.63) is 22.5 Å². The molecule has 0 unspecified atom stereocenters. The van der Waals surface area contributed by atoms with Crippen molar-refractivity contribution in [2.24, 2.45) is 28.4 Å². The molecular formula is C33H52N4O7. The molecule has 0 bridgehead atoms. The van der Waals surface area contributed by atoms with E-state index >= 15 is 0 Å². The predicted octanol–water partition coefficient (Wildman–Crippen LogP) is 3.61. The van der Waals surface area contributed by atoms with E-state index < -0.39 is 18.6 Å². The maximum atomic E-state index is 13.0. The van der Waals surface area contributed by atoms with Gasteiger partial charge in [0.2, 0.25) is 0 Å². The Hall–Kier alpha value is -3.50. The maximum Gasteiger partial charge on any atom is 0.405 e. The van der Waals surface area contributed by atoms with Gasteiger partial charge in [-0.05, 0) is 35.5 Å². The molecule has 2 amide bonds. The molecule has 246 valence electrons. The van der Waals surface area contributed by atoms with Crippen molar-refractivity contribution in [1.29, 1.82) is 0 Å². The molecule has 11 heteroatoms. The lowest BCUT2D eigenvalue weighted by Gasteiger charge is -2.31. The van der Waals surface area contributed by atoms with E-state index in [4.69, 9.17) is 10.5 Å². The molecular weight excluding hydrogens is 564 g/mol. The Morgan fingerprint density at radius 1 is 0.727 bits per heavy atom. The van der Waals surface area contributed by atoms with E-state index in [1.807, 2.05) is 55.4 Å². The van der Waals surface area contributed by atoms with Gasteiger partial charge in [-0.1, -0.05) is 55.4 Å². The monoisotopic (exact) mass is 616 g/mol. The van der Waals surface area contributed by atoms with Gasteiger partial charge >= 0.3 is 6.09 Å². The molecule has 0 aromatic carbocycles. The minimum absolute atomic E-state index is 0.174. The summed E-state index contributed by atoms with van der Waals surface area (Å²) in [4.78, 5) is 77.6. The van der Waals surface area contributed by atoms with Crippen LogP contribution in [0.5, 0.6) is 0 Å². The van der Waals surface area contributed by atoms with Crippen molar-refractivity contribution in [2.75, 3.05) is 32.8 Å². The van der Waals surface area contributed by atoms with Crippen LogP contribution < -0.4 is 16.4 Å². The minimum atomic E-state index is -1.07. The van der Waals surface area contributed by atoms with Gasteiger partial charge in [-0.15, -0.1) is 0 Å². The predicted molar refractivity (Wildman–Crippen MR) is 167 cm³/mol. The van der Waals surface area contributed by atoms with E-state index in [9.17, 15) is 28.8 Å². The van der Waals surface area contributed by atoms with Gasteiger partial charge in [0.15, 0.2) is 29.7 Å². The number of amides is 2. The van der Waals surface area contributed by atoms with E-state index in [1.165, 1.54) is 4.90 Å². The van der Waals surface area contributed by atoms with Crippen molar-refractivity contribution < 1.29 is 33.5 Å². The average Bonchev–Trinajstić information content (AvgIpc) is 2.82. The van der Waals surface area contributed by atoms with Crippen molar-refractivity contribution in [3.8, 4) is 0 Å². The van der Waals surface area contributed by atoms with Crippen molar-refractivity contribution in [3.63, 3.8) is 0 Å². The Balaban J connectivity index is 2.23. The molecule has 2 aliphatic rings. The Morgan fingerprint density at radius 3 is 1.36 bits per heavy atom. The molecule has 44 heavy (non-hydrogen) atoms. The number of ketones is 4. The summed E-state index contributed by atoms with van der Waals surface area (Å²) >= 11 is 0. The third kappa shape index (κ3) is 11.2. The molecule has 0 atom stereocenters. The number of nitrogens with zero attached hydrogens (tertiary/aromatic N) is 1. The van der Waals surface area contributed by atoms with Gasteiger partial charge in [0, 0.05) is 63.3 Å². The van der Waals surface area contributed by atoms with Gasteiger partial charge in [0.05, 0.1) is 11.1 Å². The molecule has 2 aliphatic carbocycles. The second-order valence-electron chi connectivity index (χ2n) is 14.5. The third-order valence-electron chi connectivity index (χ3n) is 7.63.